The minimum atomic E-state index is -0.445. The van der Waals surface area contributed by atoms with Gasteiger partial charge in [-0.3, -0.25) is 14.9 Å². The number of nitro benzene ring substituents is 1. The maximum atomic E-state index is 11.8. The van der Waals surface area contributed by atoms with Gasteiger partial charge in [0.15, 0.2) is 0 Å². The van der Waals surface area contributed by atoms with Crippen LogP contribution in [0.2, 0.25) is 0 Å². The molecule has 6 nitrogen and oxygen atoms in total. The highest BCUT2D eigenvalue weighted by atomic mass is 16.6. The lowest BCUT2D eigenvalue weighted by Crippen LogP contribution is -2.22. The molecule has 0 radical (unpaired) electrons. The summed E-state index contributed by atoms with van der Waals surface area (Å²) in [4.78, 5) is 22.3. The van der Waals surface area contributed by atoms with E-state index in [0.29, 0.717) is 30.3 Å². The highest BCUT2D eigenvalue weighted by Crippen LogP contribution is 2.25. The lowest BCUT2D eigenvalue weighted by molar-refractivity contribution is -0.384. The zero-order valence-corrected chi connectivity index (χ0v) is 12.1. The molecule has 20 heavy (non-hydrogen) atoms. The van der Waals surface area contributed by atoms with Crippen LogP contribution in [-0.2, 0) is 0 Å². The smallest absolute Gasteiger partial charge is 0.292 e. The molecule has 0 bridgehead atoms. The van der Waals surface area contributed by atoms with E-state index in [1.165, 1.54) is 18.2 Å². The molecule has 0 heterocycles. The van der Waals surface area contributed by atoms with Crippen molar-refractivity contribution in [2.75, 3.05) is 18.4 Å². The monoisotopic (exact) mass is 279 g/mol. The highest BCUT2D eigenvalue weighted by molar-refractivity contribution is 5.95. The predicted molar refractivity (Wildman–Crippen MR) is 79.0 cm³/mol. The van der Waals surface area contributed by atoms with Gasteiger partial charge in [0.05, 0.1) is 4.92 Å². The van der Waals surface area contributed by atoms with Crippen molar-refractivity contribution in [3.63, 3.8) is 0 Å². The van der Waals surface area contributed by atoms with Crippen molar-refractivity contribution in [2.45, 2.75) is 27.2 Å². The maximum Gasteiger partial charge on any atom is 0.292 e. The molecule has 0 aromatic heterocycles. The Labute approximate surface area is 118 Å². The van der Waals surface area contributed by atoms with Crippen LogP contribution in [0.3, 0.4) is 0 Å². The number of nitrogens with one attached hydrogen (secondary N) is 2. The molecule has 2 N–H and O–H groups in total. The standard InChI is InChI=1S/C14H21N3O3/c1-4-15-14(18)11-5-6-13(17(19)20)12(9-11)16-8-7-10(2)3/h5-6,9-10,16H,4,7-8H2,1-3H3,(H,15,18). The van der Waals surface area contributed by atoms with Gasteiger partial charge < -0.3 is 10.6 Å². The number of nitro groups is 1. The molecule has 0 spiro atoms. The van der Waals surface area contributed by atoms with E-state index in [0.717, 1.165) is 6.42 Å². The van der Waals surface area contributed by atoms with Gasteiger partial charge in [0.1, 0.15) is 5.69 Å². The van der Waals surface area contributed by atoms with E-state index in [1.54, 1.807) is 0 Å². The van der Waals surface area contributed by atoms with Gasteiger partial charge in [0.2, 0.25) is 0 Å². The van der Waals surface area contributed by atoms with Gasteiger partial charge >= 0.3 is 0 Å². The zero-order chi connectivity index (χ0) is 15.1. The fraction of sp³-hybridized carbons (Fsp3) is 0.500. The number of amides is 1. The average molecular weight is 279 g/mol. The number of rotatable bonds is 7. The van der Waals surface area contributed by atoms with Crippen molar-refractivity contribution < 1.29 is 9.72 Å². The first-order valence-corrected chi connectivity index (χ1v) is 6.76. The van der Waals surface area contributed by atoms with Crippen molar-refractivity contribution in [1.29, 1.82) is 0 Å². The topological polar surface area (TPSA) is 84.3 Å². The van der Waals surface area contributed by atoms with Gasteiger partial charge in [-0.2, -0.15) is 0 Å². The average Bonchev–Trinajstić information content (AvgIpc) is 2.38. The van der Waals surface area contributed by atoms with Gasteiger partial charge in [-0.1, -0.05) is 13.8 Å². The number of hydrogen-bond donors (Lipinski definition) is 2. The van der Waals surface area contributed by atoms with Crippen LogP contribution in [0.25, 0.3) is 0 Å². The molecule has 0 unspecified atom stereocenters. The number of hydrogen-bond acceptors (Lipinski definition) is 4. The van der Waals surface area contributed by atoms with Crippen LogP contribution in [0.1, 0.15) is 37.6 Å². The Morgan fingerprint density at radius 1 is 1.40 bits per heavy atom. The van der Waals surface area contributed by atoms with Crippen LogP contribution in [0.15, 0.2) is 18.2 Å². The lowest BCUT2D eigenvalue weighted by Gasteiger charge is -2.10. The number of carbonyl (C=O) groups is 1. The summed E-state index contributed by atoms with van der Waals surface area (Å²) in [7, 11) is 0. The van der Waals surface area contributed by atoms with Crippen LogP contribution in [0, 0.1) is 16.0 Å². The Kier molecular flexibility index (Phi) is 5.96. The second kappa shape index (κ2) is 7.47. The molecule has 1 rings (SSSR count). The molecule has 0 aliphatic rings. The fourth-order valence-electron chi connectivity index (χ4n) is 1.74. The normalized spacial score (nSPS) is 10.4. The molecule has 6 heteroatoms. The molecule has 0 aliphatic heterocycles. The predicted octanol–water partition coefficient (Wildman–Crippen LogP) is 2.80. The van der Waals surface area contributed by atoms with E-state index in [1.807, 2.05) is 6.92 Å². The van der Waals surface area contributed by atoms with Crippen molar-refractivity contribution >= 4 is 17.3 Å². The summed E-state index contributed by atoms with van der Waals surface area (Å²) >= 11 is 0. The second-order valence-corrected chi connectivity index (χ2v) is 4.96. The van der Waals surface area contributed by atoms with Gasteiger partial charge in [0, 0.05) is 24.7 Å². The van der Waals surface area contributed by atoms with Gasteiger partial charge in [-0.15, -0.1) is 0 Å². The Bertz CT molecular complexity index is 487. The summed E-state index contributed by atoms with van der Waals surface area (Å²) in [5.41, 5.74) is 0.797. The number of carbonyl (C=O) groups excluding carboxylic acids is 1. The molecule has 0 saturated heterocycles. The Hall–Kier alpha value is -2.11. The first-order valence-electron chi connectivity index (χ1n) is 6.76. The first-order chi connectivity index (χ1) is 9.45. The van der Waals surface area contributed by atoms with E-state index < -0.39 is 4.92 Å². The molecule has 110 valence electrons. The van der Waals surface area contributed by atoms with E-state index in [9.17, 15) is 14.9 Å². The van der Waals surface area contributed by atoms with Crippen LogP contribution in [0.4, 0.5) is 11.4 Å². The summed E-state index contributed by atoms with van der Waals surface area (Å²) < 4.78 is 0. The summed E-state index contributed by atoms with van der Waals surface area (Å²) in [5.74, 6) is 0.280. The second-order valence-electron chi connectivity index (χ2n) is 4.96. The van der Waals surface area contributed by atoms with E-state index in [-0.39, 0.29) is 11.6 Å². The molecule has 1 amide bonds. The highest BCUT2D eigenvalue weighted by Gasteiger charge is 2.16. The van der Waals surface area contributed by atoms with Crippen molar-refractivity contribution in [1.82, 2.24) is 5.32 Å². The Morgan fingerprint density at radius 2 is 2.10 bits per heavy atom. The maximum absolute atomic E-state index is 11.8. The SMILES string of the molecule is CCNC(=O)c1ccc([N+](=O)[O-])c(NCCC(C)C)c1. The first kappa shape index (κ1) is 15.9. The van der Waals surface area contributed by atoms with Crippen LogP contribution in [-0.4, -0.2) is 23.9 Å². The van der Waals surface area contributed by atoms with Crippen molar-refractivity contribution in [3.05, 3.63) is 33.9 Å². The van der Waals surface area contributed by atoms with E-state index in [4.69, 9.17) is 0 Å². The zero-order valence-electron chi connectivity index (χ0n) is 12.1. The van der Waals surface area contributed by atoms with Crippen LogP contribution < -0.4 is 10.6 Å². The quantitative estimate of drug-likeness (QED) is 0.593. The number of benzene rings is 1. The molecule has 0 saturated carbocycles. The van der Waals surface area contributed by atoms with Gasteiger partial charge in [0.25, 0.3) is 11.6 Å². The minimum absolute atomic E-state index is 0.0122. The fourth-order valence-corrected chi connectivity index (χ4v) is 1.74. The van der Waals surface area contributed by atoms with E-state index in [2.05, 4.69) is 24.5 Å². The summed E-state index contributed by atoms with van der Waals surface area (Å²) in [6.45, 7) is 7.15. The number of nitrogens with zero attached hydrogens (tertiary/aromatic N) is 1. The molecule has 1 aromatic carbocycles. The Morgan fingerprint density at radius 3 is 2.65 bits per heavy atom. The van der Waals surface area contributed by atoms with E-state index >= 15 is 0 Å². The third-order valence-corrected chi connectivity index (χ3v) is 2.83. The minimum Gasteiger partial charge on any atom is -0.379 e. The molecule has 1 aromatic rings. The lowest BCUT2D eigenvalue weighted by atomic mass is 10.1. The third kappa shape index (κ3) is 4.53. The molecular weight excluding hydrogens is 258 g/mol. The van der Waals surface area contributed by atoms with Crippen LogP contribution >= 0.6 is 0 Å². The summed E-state index contributed by atoms with van der Waals surface area (Å²) in [6, 6.07) is 4.36. The summed E-state index contributed by atoms with van der Waals surface area (Å²) in [6.07, 6.45) is 0.905. The molecule has 0 aliphatic carbocycles. The van der Waals surface area contributed by atoms with Crippen molar-refractivity contribution in [3.8, 4) is 0 Å². The third-order valence-electron chi connectivity index (χ3n) is 2.83. The van der Waals surface area contributed by atoms with Gasteiger partial charge in [-0.25, -0.2) is 0 Å². The van der Waals surface area contributed by atoms with Crippen LogP contribution in [0.5, 0.6) is 0 Å². The summed E-state index contributed by atoms with van der Waals surface area (Å²) in [5, 5.41) is 16.7. The Balaban J connectivity index is 2.93. The molecule has 0 fully saturated rings. The van der Waals surface area contributed by atoms with Gasteiger partial charge in [-0.05, 0) is 31.4 Å². The molecule has 0 atom stereocenters. The van der Waals surface area contributed by atoms with Crippen molar-refractivity contribution in [2.24, 2.45) is 5.92 Å². The number of anilines is 1. The molecular formula is C14H21N3O3. The largest absolute Gasteiger partial charge is 0.379 e.